The van der Waals surface area contributed by atoms with E-state index >= 15 is 0 Å². The molecule has 20 heavy (non-hydrogen) atoms. The summed E-state index contributed by atoms with van der Waals surface area (Å²) in [6, 6.07) is 0. The first-order chi connectivity index (χ1) is 8.79. The fourth-order valence-corrected chi connectivity index (χ4v) is 3.06. The monoisotopic (exact) mass is 296 g/mol. The standard InChI is InChI=1S/C16H33BO2Si/c1-14(2,3)20(8,9)18-12-10-11-17-13-15(4,5)16(6,7)19-17/h10-11H,12-13H2,1-9H3/b11-10+. The average molecular weight is 296 g/mol. The molecule has 1 saturated heterocycles. The molecule has 0 spiro atoms. The molecule has 1 heterocycles. The number of rotatable bonds is 4. The third-order valence-electron chi connectivity index (χ3n) is 5.48. The Morgan fingerprint density at radius 3 is 2.15 bits per heavy atom. The predicted octanol–water partition coefficient (Wildman–Crippen LogP) is 4.93. The summed E-state index contributed by atoms with van der Waals surface area (Å²) in [6.07, 6.45) is 3.22. The van der Waals surface area contributed by atoms with Crippen molar-refractivity contribution in [2.24, 2.45) is 5.41 Å². The maximum absolute atomic E-state index is 6.15. The highest BCUT2D eigenvalue weighted by molar-refractivity contribution is 6.74. The van der Waals surface area contributed by atoms with E-state index < -0.39 is 8.32 Å². The molecule has 0 N–H and O–H groups in total. The second-order valence-corrected chi connectivity index (χ2v) is 13.6. The van der Waals surface area contributed by atoms with Crippen molar-refractivity contribution < 1.29 is 9.08 Å². The fraction of sp³-hybridized carbons (Fsp3) is 0.875. The van der Waals surface area contributed by atoms with Gasteiger partial charge >= 0.3 is 6.92 Å². The van der Waals surface area contributed by atoms with Gasteiger partial charge in [-0.15, -0.1) is 0 Å². The van der Waals surface area contributed by atoms with Gasteiger partial charge in [-0.1, -0.05) is 46.7 Å². The van der Waals surface area contributed by atoms with Crippen molar-refractivity contribution in [3.63, 3.8) is 0 Å². The largest absolute Gasteiger partial charge is 0.426 e. The van der Waals surface area contributed by atoms with E-state index in [2.05, 4.69) is 73.6 Å². The SMILES string of the molecule is CC1(C)CB(/C=C/CO[Si](C)(C)C(C)(C)C)OC1(C)C. The van der Waals surface area contributed by atoms with Gasteiger partial charge in [-0.2, -0.15) is 0 Å². The highest BCUT2D eigenvalue weighted by Gasteiger charge is 2.48. The number of hydrogen-bond acceptors (Lipinski definition) is 2. The van der Waals surface area contributed by atoms with Crippen molar-refractivity contribution in [3.8, 4) is 0 Å². The van der Waals surface area contributed by atoms with Gasteiger partial charge < -0.3 is 9.08 Å². The van der Waals surface area contributed by atoms with Crippen LogP contribution in [0.5, 0.6) is 0 Å². The average Bonchev–Trinajstić information content (AvgIpc) is 2.41. The summed E-state index contributed by atoms with van der Waals surface area (Å²) in [6.45, 7) is 21.3. The minimum Gasteiger partial charge on any atom is -0.426 e. The topological polar surface area (TPSA) is 18.5 Å². The molecule has 0 amide bonds. The molecule has 1 aliphatic heterocycles. The van der Waals surface area contributed by atoms with Crippen LogP contribution in [-0.2, 0) is 9.08 Å². The summed E-state index contributed by atoms with van der Waals surface area (Å²) >= 11 is 0. The van der Waals surface area contributed by atoms with Crippen LogP contribution >= 0.6 is 0 Å². The Morgan fingerprint density at radius 2 is 1.75 bits per heavy atom. The van der Waals surface area contributed by atoms with E-state index in [9.17, 15) is 0 Å². The molecule has 0 saturated carbocycles. The van der Waals surface area contributed by atoms with E-state index in [1.807, 2.05) is 0 Å². The number of hydrogen-bond donors (Lipinski definition) is 0. The molecule has 0 aromatic heterocycles. The first-order valence-electron chi connectivity index (χ1n) is 7.77. The van der Waals surface area contributed by atoms with Crippen molar-refractivity contribution in [2.75, 3.05) is 6.61 Å². The van der Waals surface area contributed by atoms with Crippen LogP contribution in [0.25, 0.3) is 0 Å². The van der Waals surface area contributed by atoms with Crippen molar-refractivity contribution in [3.05, 3.63) is 12.1 Å². The first kappa shape index (κ1) is 18.0. The van der Waals surface area contributed by atoms with Crippen LogP contribution in [0, 0.1) is 5.41 Å². The molecule has 0 atom stereocenters. The third kappa shape index (κ3) is 3.99. The second-order valence-electron chi connectivity index (χ2n) is 8.75. The highest BCUT2D eigenvalue weighted by atomic mass is 28.4. The van der Waals surface area contributed by atoms with Gasteiger partial charge in [0.25, 0.3) is 0 Å². The van der Waals surface area contributed by atoms with Gasteiger partial charge in [0, 0.05) is 0 Å². The lowest BCUT2D eigenvalue weighted by atomic mass is 9.58. The van der Waals surface area contributed by atoms with Gasteiger partial charge in [-0.05, 0) is 43.7 Å². The Hall–Kier alpha value is -0.0582. The van der Waals surface area contributed by atoms with Gasteiger partial charge in [0.2, 0.25) is 0 Å². The summed E-state index contributed by atoms with van der Waals surface area (Å²) in [5, 5.41) is 0.273. The Balaban J connectivity index is 2.49. The molecule has 0 aromatic carbocycles. The van der Waals surface area contributed by atoms with E-state index in [4.69, 9.17) is 9.08 Å². The van der Waals surface area contributed by atoms with Crippen molar-refractivity contribution in [2.45, 2.75) is 78.5 Å². The summed E-state index contributed by atoms with van der Waals surface area (Å²) in [5.74, 6) is 2.18. The molecule has 0 aliphatic carbocycles. The highest BCUT2D eigenvalue weighted by Crippen LogP contribution is 2.45. The zero-order valence-electron chi connectivity index (χ0n) is 15.0. The van der Waals surface area contributed by atoms with E-state index in [-0.39, 0.29) is 23.0 Å². The van der Waals surface area contributed by atoms with Gasteiger partial charge in [-0.3, -0.25) is 0 Å². The molecule has 2 nitrogen and oxygen atoms in total. The predicted molar refractivity (Wildman–Crippen MR) is 91.8 cm³/mol. The maximum Gasteiger partial charge on any atom is 0.320 e. The lowest BCUT2D eigenvalue weighted by molar-refractivity contribution is 0.0374. The molecule has 4 heteroatoms. The Labute approximate surface area is 127 Å². The van der Waals surface area contributed by atoms with Crippen LogP contribution in [0.15, 0.2) is 12.1 Å². The van der Waals surface area contributed by atoms with E-state index in [0.29, 0.717) is 6.61 Å². The van der Waals surface area contributed by atoms with Crippen LogP contribution < -0.4 is 0 Å². The molecule has 0 radical (unpaired) electrons. The molecule has 1 aliphatic rings. The van der Waals surface area contributed by atoms with E-state index in [1.165, 1.54) is 0 Å². The fourth-order valence-electron chi connectivity index (χ4n) is 2.12. The van der Waals surface area contributed by atoms with E-state index in [0.717, 1.165) is 6.32 Å². The van der Waals surface area contributed by atoms with E-state index in [1.54, 1.807) is 0 Å². The first-order valence-corrected chi connectivity index (χ1v) is 10.7. The Morgan fingerprint density at radius 1 is 1.20 bits per heavy atom. The quantitative estimate of drug-likeness (QED) is 0.685. The maximum atomic E-state index is 6.15. The van der Waals surface area contributed by atoms with Crippen molar-refractivity contribution in [1.82, 2.24) is 0 Å². The van der Waals surface area contributed by atoms with Crippen LogP contribution in [0.1, 0.15) is 48.5 Å². The normalized spacial score (nSPS) is 22.8. The van der Waals surface area contributed by atoms with Crippen LogP contribution in [0.4, 0.5) is 0 Å². The van der Waals surface area contributed by atoms with Crippen molar-refractivity contribution >= 4 is 15.2 Å². The third-order valence-corrected chi connectivity index (χ3v) is 9.99. The summed E-state index contributed by atoms with van der Waals surface area (Å²) in [5.41, 5.74) is 0.171. The minimum absolute atomic E-state index is 0.0533. The second kappa shape index (κ2) is 5.62. The van der Waals surface area contributed by atoms with Crippen LogP contribution in [0.2, 0.25) is 24.5 Å². The lowest BCUT2D eigenvalue weighted by Crippen LogP contribution is -2.40. The van der Waals surface area contributed by atoms with Crippen LogP contribution in [0.3, 0.4) is 0 Å². The summed E-state index contributed by atoms with van der Waals surface area (Å²) in [7, 11) is -1.63. The van der Waals surface area contributed by atoms with Gasteiger partial charge in [-0.25, -0.2) is 0 Å². The summed E-state index contributed by atoms with van der Waals surface area (Å²) < 4.78 is 12.3. The van der Waals surface area contributed by atoms with Gasteiger partial charge in [0.1, 0.15) is 0 Å². The molecule has 1 rings (SSSR count). The van der Waals surface area contributed by atoms with Gasteiger partial charge in [0.05, 0.1) is 12.2 Å². The lowest BCUT2D eigenvalue weighted by Gasteiger charge is -2.35. The zero-order valence-corrected chi connectivity index (χ0v) is 16.0. The van der Waals surface area contributed by atoms with Crippen molar-refractivity contribution in [1.29, 1.82) is 0 Å². The van der Waals surface area contributed by atoms with Gasteiger partial charge in [0.15, 0.2) is 8.32 Å². The minimum atomic E-state index is -1.63. The molecule has 0 unspecified atom stereocenters. The molecular weight excluding hydrogens is 263 g/mol. The summed E-state index contributed by atoms with van der Waals surface area (Å²) in [4.78, 5) is 0. The molecule has 0 bridgehead atoms. The Bertz CT molecular complexity index is 351. The molecule has 0 aromatic rings. The molecule has 116 valence electrons. The molecule has 1 fully saturated rings. The van der Waals surface area contributed by atoms with Crippen LogP contribution in [-0.4, -0.2) is 27.4 Å². The molecular formula is C16H33BO2Si. The Kier molecular flexibility index (Phi) is 5.05. The zero-order chi connectivity index (χ0) is 15.8. The smallest absolute Gasteiger partial charge is 0.320 e.